The van der Waals surface area contributed by atoms with Crippen LogP contribution >= 0.6 is 0 Å². The number of nitrogens with zero attached hydrogens (tertiary/aromatic N) is 3. The highest BCUT2D eigenvalue weighted by Gasteiger charge is 2.34. The molecular weight excluding hydrogens is 326 g/mol. The fourth-order valence-corrected chi connectivity index (χ4v) is 3.51. The van der Waals surface area contributed by atoms with E-state index in [0.717, 1.165) is 34.6 Å². The van der Waals surface area contributed by atoms with E-state index in [1.807, 2.05) is 43.0 Å². The molecule has 0 spiro atoms. The Morgan fingerprint density at radius 1 is 1.31 bits per heavy atom. The van der Waals surface area contributed by atoms with Crippen molar-refractivity contribution in [1.82, 2.24) is 19.9 Å². The Kier molecular flexibility index (Phi) is 4.16. The first-order chi connectivity index (χ1) is 12.6. The highest BCUT2D eigenvalue weighted by molar-refractivity contribution is 5.91. The lowest BCUT2D eigenvalue weighted by Crippen LogP contribution is -2.43. The molecule has 0 fully saturated rings. The van der Waals surface area contributed by atoms with Crippen LogP contribution in [0.4, 0.5) is 10.5 Å². The molecular formula is C20H21N5O. The summed E-state index contributed by atoms with van der Waals surface area (Å²) >= 11 is 0. The van der Waals surface area contributed by atoms with Gasteiger partial charge >= 0.3 is 6.03 Å². The number of pyridine rings is 1. The molecule has 1 aliphatic heterocycles. The second-order valence-corrected chi connectivity index (χ2v) is 6.65. The second kappa shape index (κ2) is 6.63. The van der Waals surface area contributed by atoms with Gasteiger partial charge in [-0.3, -0.25) is 4.98 Å². The zero-order valence-corrected chi connectivity index (χ0v) is 14.9. The van der Waals surface area contributed by atoms with Crippen LogP contribution in [0, 0.1) is 13.8 Å². The number of aromatic nitrogens is 3. The Morgan fingerprint density at radius 2 is 2.19 bits per heavy atom. The molecule has 3 heterocycles. The Morgan fingerprint density at radius 3 is 2.96 bits per heavy atom. The van der Waals surface area contributed by atoms with Gasteiger partial charge in [0.2, 0.25) is 0 Å². The molecule has 2 aromatic heterocycles. The summed E-state index contributed by atoms with van der Waals surface area (Å²) in [6.07, 6.45) is 5.98. The molecule has 0 radical (unpaired) electrons. The zero-order chi connectivity index (χ0) is 18.1. The maximum Gasteiger partial charge on any atom is 0.322 e. The topological polar surface area (TPSA) is 73.9 Å². The molecule has 4 rings (SSSR count). The van der Waals surface area contributed by atoms with Crippen molar-refractivity contribution in [3.05, 3.63) is 77.1 Å². The van der Waals surface area contributed by atoms with E-state index >= 15 is 0 Å². The summed E-state index contributed by atoms with van der Waals surface area (Å²) < 4.78 is 0. The van der Waals surface area contributed by atoms with Crippen LogP contribution in [0.3, 0.4) is 0 Å². The van der Waals surface area contributed by atoms with Crippen LogP contribution in [0.5, 0.6) is 0 Å². The van der Waals surface area contributed by atoms with Crippen molar-refractivity contribution in [3.8, 4) is 0 Å². The van der Waals surface area contributed by atoms with Gasteiger partial charge in [-0.25, -0.2) is 9.78 Å². The molecule has 2 amide bonds. The zero-order valence-electron chi connectivity index (χ0n) is 14.9. The van der Waals surface area contributed by atoms with E-state index < -0.39 is 0 Å². The summed E-state index contributed by atoms with van der Waals surface area (Å²) in [5, 5.41) is 3.06. The summed E-state index contributed by atoms with van der Waals surface area (Å²) in [6, 6.07) is 9.52. The number of amides is 2. The van der Waals surface area contributed by atoms with Crippen LogP contribution in [0.1, 0.15) is 34.1 Å². The second-order valence-electron chi connectivity index (χ2n) is 6.65. The SMILES string of the molecule is Cc1ccc(NC(=O)N2CCc3[nH]cnc3C2c2cccnc2)c(C)c1. The molecule has 3 aromatic rings. The lowest BCUT2D eigenvalue weighted by atomic mass is 9.97. The van der Waals surface area contributed by atoms with Gasteiger partial charge in [-0.15, -0.1) is 0 Å². The van der Waals surface area contributed by atoms with Crippen LogP contribution in [0.25, 0.3) is 0 Å². The third-order valence-corrected chi connectivity index (χ3v) is 4.81. The van der Waals surface area contributed by atoms with Crippen molar-refractivity contribution >= 4 is 11.7 Å². The highest BCUT2D eigenvalue weighted by Crippen LogP contribution is 2.33. The van der Waals surface area contributed by atoms with E-state index in [0.29, 0.717) is 6.54 Å². The Bertz CT molecular complexity index is 934. The first-order valence-electron chi connectivity index (χ1n) is 8.70. The number of H-pyrrole nitrogens is 1. The van der Waals surface area contributed by atoms with E-state index in [1.54, 1.807) is 18.7 Å². The number of aromatic amines is 1. The molecule has 0 aliphatic carbocycles. The first kappa shape index (κ1) is 16.3. The summed E-state index contributed by atoms with van der Waals surface area (Å²) in [5.74, 6) is 0. The van der Waals surface area contributed by atoms with Gasteiger partial charge < -0.3 is 15.2 Å². The molecule has 132 valence electrons. The standard InChI is InChI=1S/C20H21N5O/c1-13-5-6-16(14(2)10-13)24-20(26)25-9-7-17-18(23-12-22-17)19(25)15-4-3-8-21-11-15/h3-6,8,10-12,19H,7,9H2,1-2H3,(H,22,23)(H,24,26). The minimum absolute atomic E-state index is 0.126. The number of fused-ring (bicyclic) bond motifs is 1. The number of carbonyl (C=O) groups is 1. The molecule has 0 saturated heterocycles. The number of imidazole rings is 1. The summed E-state index contributed by atoms with van der Waals surface area (Å²) in [7, 11) is 0. The van der Waals surface area contributed by atoms with Crippen molar-refractivity contribution in [1.29, 1.82) is 0 Å². The van der Waals surface area contributed by atoms with Crippen molar-refractivity contribution in [2.75, 3.05) is 11.9 Å². The van der Waals surface area contributed by atoms with Gasteiger partial charge in [0, 0.05) is 36.7 Å². The largest absolute Gasteiger partial charge is 0.348 e. The number of rotatable bonds is 2. The Labute approximate surface area is 152 Å². The normalized spacial score (nSPS) is 16.2. The van der Waals surface area contributed by atoms with Gasteiger partial charge in [0.15, 0.2) is 0 Å². The summed E-state index contributed by atoms with van der Waals surface area (Å²) in [4.78, 5) is 26.8. The average molecular weight is 347 g/mol. The lowest BCUT2D eigenvalue weighted by molar-refractivity contribution is 0.192. The van der Waals surface area contributed by atoms with E-state index in [9.17, 15) is 4.79 Å². The summed E-state index contributed by atoms with van der Waals surface area (Å²) in [5.41, 5.74) is 5.98. The van der Waals surface area contributed by atoms with E-state index in [2.05, 4.69) is 26.3 Å². The van der Waals surface area contributed by atoms with E-state index in [4.69, 9.17) is 0 Å². The molecule has 1 unspecified atom stereocenters. The van der Waals surface area contributed by atoms with Crippen LogP contribution in [0.2, 0.25) is 0 Å². The molecule has 1 atom stereocenters. The van der Waals surface area contributed by atoms with Crippen molar-refractivity contribution in [2.45, 2.75) is 26.3 Å². The van der Waals surface area contributed by atoms with Gasteiger partial charge in [0.25, 0.3) is 0 Å². The molecule has 0 saturated carbocycles. The molecule has 1 aromatic carbocycles. The van der Waals surface area contributed by atoms with Crippen molar-refractivity contribution < 1.29 is 4.79 Å². The maximum absolute atomic E-state index is 13.1. The number of urea groups is 1. The van der Waals surface area contributed by atoms with Crippen molar-refractivity contribution in [3.63, 3.8) is 0 Å². The predicted molar refractivity (Wildman–Crippen MR) is 100 cm³/mol. The highest BCUT2D eigenvalue weighted by atomic mass is 16.2. The summed E-state index contributed by atoms with van der Waals surface area (Å²) in [6.45, 7) is 4.66. The number of hydrogen-bond donors (Lipinski definition) is 2. The smallest absolute Gasteiger partial charge is 0.322 e. The molecule has 0 bridgehead atoms. The fraction of sp³-hybridized carbons (Fsp3) is 0.250. The van der Waals surface area contributed by atoms with Crippen molar-refractivity contribution in [2.24, 2.45) is 0 Å². The number of hydrogen-bond acceptors (Lipinski definition) is 3. The maximum atomic E-state index is 13.1. The van der Waals surface area contributed by atoms with Gasteiger partial charge in [-0.05, 0) is 37.1 Å². The lowest BCUT2D eigenvalue weighted by Gasteiger charge is -2.35. The van der Waals surface area contributed by atoms with E-state index in [1.165, 1.54) is 5.56 Å². The minimum atomic E-state index is -0.246. The molecule has 6 heteroatoms. The number of benzene rings is 1. The fourth-order valence-electron chi connectivity index (χ4n) is 3.51. The van der Waals surface area contributed by atoms with Crippen LogP contribution in [-0.2, 0) is 6.42 Å². The third-order valence-electron chi connectivity index (χ3n) is 4.81. The monoisotopic (exact) mass is 347 g/mol. The molecule has 2 N–H and O–H groups in total. The van der Waals surface area contributed by atoms with Crippen LogP contribution in [-0.4, -0.2) is 32.4 Å². The van der Waals surface area contributed by atoms with Gasteiger partial charge in [-0.2, -0.15) is 0 Å². The quantitative estimate of drug-likeness (QED) is 0.744. The average Bonchev–Trinajstić information content (AvgIpc) is 3.12. The number of nitrogens with one attached hydrogen (secondary N) is 2. The number of anilines is 1. The Hall–Kier alpha value is -3.15. The first-order valence-corrected chi connectivity index (χ1v) is 8.70. The van der Waals surface area contributed by atoms with Gasteiger partial charge in [-0.1, -0.05) is 23.8 Å². The van der Waals surface area contributed by atoms with Gasteiger partial charge in [0.05, 0.1) is 12.0 Å². The van der Waals surface area contributed by atoms with Crippen LogP contribution < -0.4 is 5.32 Å². The van der Waals surface area contributed by atoms with Gasteiger partial charge in [0.1, 0.15) is 6.04 Å². The molecule has 1 aliphatic rings. The number of carbonyl (C=O) groups excluding carboxylic acids is 1. The number of aryl methyl sites for hydroxylation is 2. The molecule has 6 nitrogen and oxygen atoms in total. The van der Waals surface area contributed by atoms with E-state index in [-0.39, 0.29) is 12.1 Å². The van der Waals surface area contributed by atoms with Crippen LogP contribution in [0.15, 0.2) is 49.1 Å². The molecule has 26 heavy (non-hydrogen) atoms. The Balaban J connectivity index is 1.67. The minimum Gasteiger partial charge on any atom is -0.348 e. The third kappa shape index (κ3) is 2.94. The predicted octanol–water partition coefficient (Wildman–Crippen LogP) is 3.60.